The maximum Gasteiger partial charge on any atom is 0.354 e. The Labute approximate surface area is 254 Å². The lowest BCUT2D eigenvalue weighted by Crippen LogP contribution is -2.31. The quantitative estimate of drug-likeness (QED) is 0.0766. The Balaban J connectivity index is 1.54. The van der Waals surface area contributed by atoms with E-state index in [0.717, 1.165) is 30.4 Å². The van der Waals surface area contributed by atoms with Gasteiger partial charge < -0.3 is 27.1 Å². The second kappa shape index (κ2) is 15.2. The van der Waals surface area contributed by atoms with Gasteiger partial charge in [-0.2, -0.15) is 4.98 Å². The molecule has 0 fully saturated rings. The second-order valence-electron chi connectivity index (χ2n) is 10.7. The first-order valence-corrected chi connectivity index (χ1v) is 14.8. The fourth-order valence-corrected chi connectivity index (χ4v) is 5.18. The molecule has 2 unspecified atom stereocenters. The molecule has 0 bridgehead atoms. The number of aromatic amines is 1. The van der Waals surface area contributed by atoms with Crippen LogP contribution < -0.4 is 27.8 Å². The van der Waals surface area contributed by atoms with Gasteiger partial charge in [-0.05, 0) is 87.7 Å². The molecule has 43 heavy (non-hydrogen) atoms. The van der Waals surface area contributed by atoms with Crippen molar-refractivity contribution in [3.05, 3.63) is 81.1 Å². The predicted octanol–water partition coefficient (Wildman–Crippen LogP) is 4.41. The summed E-state index contributed by atoms with van der Waals surface area (Å²) in [5.74, 6) is -0.521. The number of alkyl halides is 1. The van der Waals surface area contributed by atoms with Gasteiger partial charge in [-0.1, -0.05) is 23.7 Å². The van der Waals surface area contributed by atoms with Crippen molar-refractivity contribution in [2.75, 3.05) is 33.4 Å². The number of nitrogens with zero attached hydrogens (tertiary/aromatic N) is 3. The normalized spacial score (nSPS) is 13.5. The number of likely N-dealkylation sites (N-methyl/N-ethyl adjacent to an activating group) is 1. The number of nitrogens with two attached hydrogens (primary N) is 2. The van der Waals surface area contributed by atoms with E-state index in [1.807, 2.05) is 38.2 Å². The zero-order valence-electron chi connectivity index (χ0n) is 24.5. The molecule has 0 amide bonds. The highest BCUT2D eigenvalue weighted by Crippen LogP contribution is 2.31. The number of hydrogen-bond acceptors (Lipinski definition) is 6. The molecular weight excluding hydrogens is 574 g/mol. The van der Waals surface area contributed by atoms with Crippen LogP contribution in [-0.2, 0) is 6.42 Å². The third-order valence-corrected chi connectivity index (χ3v) is 7.45. The predicted molar refractivity (Wildman–Crippen MR) is 170 cm³/mol. The van der Waals surface area contributed by atoms with Gasteiger partial charge in [0.1, 0.15) is 18.2 Å². The molecule has 0 aliphatic rings. The Kier molecular flexibility index (Phi) is 11.4. The maximum atomic E-state index is 15.1. The highest BCUT2D eigenvalue weighted by atomic mass is 35.5. The number of nitrogens with one attached hydrogen (secondary N) is 3. The van der Waals surface area contributed by atoms with Crippen molar-refractivity contribution in [1.29, 1.82) is 0 Å². The lowest BCUT2D eigenvalue weighted by Gasteiger charge is -2.19. The van der Waals surface area contributed by atoms with E-state index in [1.165, 1.54) is 4.57 Å². The first-order valence-electron chi connectivity index (χ1n) is 14.4. The van der Waals surface area contributed by atoms with Crippen molar-refractivity contribution in [3.8, 4) is 16.9 Å². The van der Waals surface area contributed by atoms with Gasteiger partial charge in [0.2, 0.25) is 0 Å². The Morgan fingerprint density at radius 1 is 1.21 bits per heavy atom. The molecule has 0 aliphatic heterocycles. The summed E-state index contributed by atoms with van der Waals surface area (Å²) in [5, 5.41) is 7.35. The standard InChI is InChI=1S/C31H39ClF2N8O/c1-19(35)5-3-6-20-13-24(29(34)25(32)14-20)26-15-22-18-42(31(43)41-30(22)40-26)23-9-7-21(8-10-23)27(17-37-2)38-11-4-12-39-28(36)16-33/h7-10,13-15,18-19,27,37-38H,3-6,11-12,16-17,35H2,1-2H3,(H2,36,39)(H,40,41,43). The minimum Gasteiger partial charge on any atom is -0.385 e. The zero-order valence-corrected chi connectivity index (χ0v) is 25.2. The van der Waals surface area contributed by atoms with Gasteiger partial charge in [0.05, 0.1) is 16.4 Å². The number of amidine groups is 1. The lowest BCUT2D eigenvalue weighted by atomic mass is 10.0. The first-order chi connectivity index (χ1) is 20.7. The smallest absolute Gasteiger partial charge is 0.354 e. The van der Waals surface area contributed by atoms with Crippen LogP contribution in [0.15, 0.2) is 58.4 Å². The number of rotatable bonds is 15. The summed E-state index contributed by atoms with van der Waals surface area (Å²) in [6.45, 7) is 3.03. The molecule has 0 saturated carbocycles. The average Bonchev–Trinajstić information content (AvgIpc) is 3.40. The average molecular weight is 613 g/mol. The fraction of sp³-hybridized carbons (Fsp3) is 0.387. The monoisotopic (exact) mass is 612 g/mol. The molecule has 2 atom stereocenters. The van der Waals surface area contributed by atoms with Crippen molar-refractivity contribution >= 4 is 28.5 Å². The van der Waals surface area contributed by atoms with E-state index in [0.29, 0.717) is 54.0 Å². The molecular formula is C31H39ClF2N8O. The number of aliphatic imine (C=N–C) groups is 1. The lowest BCUT2D eigenvalue weighted by molar-refractivity contribution is 0.503. The molecule has 4 rings (SSSR count). The second-order valence-corrected chi connectivity index (χ2v) is 11.1. The van der Waals surface area contributed by atoms with E-state index < -0.39 is 18.2 Å². The number of aromatic nitrogens is 3. The van der Waals surface area contributed by atoms with Crippen LogP contribution in [-0.4, -0.2) is 59.8 Å². The first kappa shape index (κ1) is 32.3. The van der Waals surface area contributed by atoms with Gasteiger partial charge in [-0.15, -0.1) is 0 Å². The Morgan fingerprint density at radius 3 is 2.67 bits per heavy atom. The van der Waals surface area contributed by atoms with E-state index >= 15 is 4.39 Å². The molecule has 0 aliphatic carbocycles. The molecule has 0 radical (unpaired) electrons. The van der Waals surface area contributed by atoms with Gasteiger partial charge in [-0.3, -0.25) is 9.56 Å². The largest absolute Gasteiger partial charge is 0.385 e. The molecule has 0 spiro atoms. The molecule has 2 aromatic carbocycles. The zero-order chi connectivity index (χ0) is 30.9. The number of fused-ring (bicyclic) bond motifs is 1. The van der Waals surface area contributed by atoms with Crippen molar-refractivity contribution in [2.24, 2.45) is 16.5 Å². The van der Waals surface area contributed by atoms with Gasteiger partial charge in [0.15, 0.2) is 5.82 Å². The summed E-state index contributed by atoms with van der Waals surface area (Å²) in [6, 6.07) is 12.9. The van der Waals surface area contributed by atoms with Crippen LogP contribution in [0, 0.1) is 5.82 Å². The number of hydrogen-bond donors (Lipinski definition) is 5. The Hall–Kier alpha value is -3.64. The molecule has 9 nitrogen and oxygen atoms in total. The van der Waals surface area contributed by atoms with Crippen LogP contribution in [0.2, 0.25) is 5.02 Å². The number of halogens is 3. The third-order valence-electron chi connectivity index (χ3n) is 7.17. The van der Waals surface area contributed by atoms with Crippen LogP contribution in [0.5, 0.6) is 0 Å². The highest BCUT2D eigenvalue weighted by Gasteiger charge is 2.16. The third kappa shape index (κ3) is 8.47. The van der Waals surface area contributed by atoms with Crippen molar-refractivity contribution < 1.29 is 8.78 Å². The van der Waals surface area contributed by atoms with Gasteiger partial charge in [0.25, 0.3) is 0 Å². The summed E-state index contributed by atoms with van der Waals surface area (Å²) >= 11 is 6.24. The van der Waals surface area contributed by atoms with E-state index in [4.69, 9.17) is 23.1 Å². The van der Waals surface area contributed by atoms with Crippen LogP contribution in [0.3, 0.4) is 0 Å². The number of aryl methyl sites for hydroxylation is 1. The maximum absolute atomic E-state index is 15.1. The van der Waals surface area contributed by atoms with Gasteiger partial charge in [-0.25, -0.2) is 13.6 Å². The van der Waals surface area contributed by atoms with E-state index in [2.05, 4.69) is 25.6 Å². The number of H-pyrrole nitrogens is 1. The van der Waals surface area contributed by atoms with E-state index in [-0.39, 0.29) is 22.9 Å². The highest BCUT2D eigenvalue weighted by molar-refractivity contribution is 6.31. The van der Waals surface area contributed by atoms with E-state index in [1.54, 1.807) is 24.4 Å². The number of benzene rings is 2. The Morgan fingerprint density at radius 2 is 1.98 bits per heavy atom. The molecule has 0 saturated heterocycles. The van der Waals surface area contributed by atoms with E-state index in [9.17, 15) is 9.18 Å². The van der Waals surface area contributed by atoms with Gasteiger partial charge >= 0.3 is 5.69 Å². The summed E-state index contributed by atoms with van der Waals surface area (Å²) < 4.78 is 29.0. The molecule has 2 heterocycles. The van der Waals surface area contributed by atoms with Crippen molar-refractivity contribution in [1.82, 2.24) is 25.2 Å². The molecule has 7 N–H and O–H groups in total. The minimum absolute atomic E-state index is 0.00989. The molecule has 230 valence electrons. The summed E-state index contributed by atoms with van der Waals surface area (Å²) in [6.07, 6.45) is 4.85. The fourth-order valence-electron chi connectivity index (χ4n) is 4.94. The molecule has 4 aromatic rings. The minimum atomic E-state index is -0.740. The van der Waals surface area contributed by atoms with Crippen LogP contribution in [0.1, 0.15) is 43.4 Å². The SMILES string of the molecule is CNCC(NCCCN=C(N)CF)c1ccc(-n2cc3cc(-c4cc(CCCC(C)N)cc(Cl)c4F)[nH]c3nc2=O)cc1. The van der Waals surface area contributed by atoms with Gasteiger partial charge in [0, 0.05) is 42.3 Å². The van der Waals surface area contributed by atoms with Crippen LogP contribution in [0.25, 0.3) is 28.0 Å². The van der Waals surface area contributed by atoms with Crippen molar-refractivity contribution in [3.63, 3.8) is 0 Å². The summed E-state index contributed by atoms with van der Waals surface area (Å²) in [7, 11) is 1.87. The molecule has 2 aromatic heterocycles. The van der Waals surface area contributed by atoms with Crippen LogP contribution >= 0.6 is 11.6 Å². The summed E-state index contributed by atoms with van der Waals surface area (Å²) in [4.78, 5) is 24.3. The topological polar surface area (TPSA) is 139 Å². The van der Waals surface area contributed by atoms with Crippen LogP contribution in [0.4, 0.5) is 8.78 Å². The molecule has 12 heteroatoms. The van der Waals surface area contributed by atoms with Crippen molar-refractivity contribution in [2.45, 2.75) is 44.7 Å². The Bertz CT molecular complexity index is 1600. The summed E-state index contributed by atoms with van der Waals surface area (Å²) in [5.41, 5.74) is 14.6.